The number of benzene rings is 1. The van der Waals surface area contributed by atoms with Crippen molar-refractivity contribution < 1.29 is 9.18 Å². The largest absolute Gasteiger partial charge is 0.340 e. The topological polar surface area (TPSA) is 59.2 Å². The van der Waals surface area contributed by atoms with Crippen LogP contribution in [0.3, 0.4) is 0 Å². The summed E-state index contributed by atoms with van der Waals surface area (Å²) in [6, 6.07) is 6.71. The number of rotatable bonds is 3. The zero-order valence-corrected chi connectivity index (χ0v) is 13.9. The van der Waals surface area contributed by atoms with Gasteiger partial charge in [0.05, 0.1) is 12.1 Å². The molecule has 1 aliphatic rings. The van der Waals surface area contributed by atoms with Gasteiger partial charge >= 0.3 is 0 Å². The number of nitrogens with zero attached hydrogens (tertiary/aromatic N) is 2. The van der Waals surface area contributed by atoms with Gasteiger partial charge in [0.15, 0.2) is 0 Å². The maximum Gasteiger partial charge on any atom is 0.228 e. The lowest BCUT2D eigenvalue weighted by Crippen LogP contribution is -2.48. The minimum Gasteiger partial charge on any atom is -0.340 e. The molecule has 1 saturated heterocycles. The van der Waals surface area contributed by atoms with Gasteiger partial charge in [-0.05, 0) is 31.9 Å². The van der Waals surface area contributed by atoms with E-state index in [1.165, 1.54) is 23.5 Å². The van der Waals surface area contributed by atoms with E-state index >= 15 is 0 Å². The van der Waals surface area contributed by atoms with Crippen molar-refractivity contribution in [2.24, 2.45) is 5.73 Å². The second-order valence-electron chi connectivity index (χ2n) is 6.05. The van der Waals surface area contributed by atoms with Crippen molar-refractivity contribution in [2.45, 2.75) is 38.3 Å². The maximum atomic E-state index is 13.3. The fourth-order valence-electron chi connectivity index (χ4n) is 2.98. The Hall–Kier alpha value is -1.79. The molecule has 0 radical (unpaired) electrons. The molecule has 0 saturated carbocycles. The van der Waals surface area contributed by atoms with E-state index in [0.717, 1.165) is 29.1 Å². The average molecular weight is 333 g/mol. The van der Waals surface area contributed by atoms with Gasteiger partial charge in [0.2, 0.25) is 5.91 Å². The highest BCUT2D eigenvalue weighted by atomic mass is 32.1. The van der Waals surface area contributed by atoms with Crippen LogP contribution in [-0.2, 0) is 11.2 Å². The number of piperidine rings is 1. The summed E-state index contributed by atoms with van der Waals surface area (Å²) >= 11 is 1.43. The van der Waals surface area contributed by atoms with Crippen LogP contribution in [0.15, 0.2) is 29.6 Å². The fraction of sp³-hybridized carbons (Fsp3) is 0.412. The molecule has 1 aliphatic heterocycles. The van der Waals surface area contributed by atoms with Crippen LogP contribution in [0.4, 0.5) is 4.39 Å². The van der Waals surface area contributed by atoms with Crippen molar-refractivity contribution in [3.8, 4) is 10.6 Å². The molecule has 1 aromatic heterocycles. The molecule has 1 aromatic carbocycles. The summed E-state index contributed by atoms with van der Waals surface area (Å²) < 4.78 is 13.3. The molecule has 2 atom stereocenters. The summed E-state index contributed by atoms with van der Waals surface area (Å²) in [5, 5.41) is 2.61. The van der Waals surface area contributed by atoms with Crippen LogP contribution in [0.1, 0.15) is 25.5 Å². The second-order valence-corrected chi connectivity index (χ2v) is 6.91. The minimum atomic E-state index is -0.284. The molecule has 6 heteroatoms. The standard InChI is InChI=1S/C17H20FN3OS/c1-11-7-14(19)5-6-21(11)16(22)9-15-10-23-17(20-15)12-3-2-4-13(18)8-12/h2-4,8,10-11,14H,5-7,9,19H2,1H3/t11-,14-/m0/s1. The molecule has 1 fully saturated rings. The SMILES string of the molecule is C[C@H]1C[C@@H](N)CCN1C(=O)Cc1csc(-c2cccc(F)c2)n1. The first kappa shape index (κ1) is 16.1. The van der Waals surface area contributed by atoms with Crippen LogP contribution in [-0.4, -0.2) is 34.4 Å². The number of carbonyl (C=O) groups is 1. The van der Waals surface area contributed by atoms with E-state index in [-0.39, 0.29) is 30.2 Å². The molecule has 0 unspecified atom stereocenters. The Kier molecular flexibility index (Phi) is 4.73. The van der Waals surface area contributed by atoms with Crippen molar-refractivity contribution in [1.82, 2.24) is 9.88 Å². The molecule has 3 rings (SSSR count). The predicted octanol–water partition coefficient (Wildman–Crippen LogP) is 2.83. The molecule has 2 heterocycles. The molecular formula is C17H20FN3OS. The van der Waals surface area contributed by atoms with E-state index in [4.69, 9.17) is 5.73 Å². The van der Waals surface area contributed by atoms with Crippen molar-refractivity contribution in [1.29, 1.82) is 0 Å². The third-order valence-corrected chi connectivity index (χ3v) is 5.13. The van der Waals surface area contributed by atoms with Gasteiger partial charge in [-0.15, -0.1) is 11.3 Å². The van der Waals surface area contributed by atoms with Crippen LogP contribution >= 0.6 is 11.3 Å². The number of likely N-dealkylation sites (tertiary alicyclic amines) is 1. The van der Waals surface area contributed by atoms with Gasteiger partial charge < -0.3 is 10.6 Å². The van der Waals surface area contributed by atoms with Gasteiger partial charge in [0.1, 0.15) is 10.8 Å². The normalized spacial score (nSPS) is 21.4. The summed E-state index contributed by atoms with van der Waals surface area (Å²) in [6.07, 6.45) is 1.98. The van der Waals surface area contributed by atoms with E-state index in [9.17, 15) is 9.18 Å². The van der Waals surface area contributed by atoms with Gasteiger partial charge in [-0.1, -0.05) is 12.1 Å². The van der Waals surface area contributed by atoms with Gasteiger partial charge in [-0.3, -0.25) is 4.79 Å². The Balaban J connectivity index is 1.68. The Bertz CT molecular complexity index is 703. The second kappa shape index (κ2) is 6.76. The number of nitrogens with two attached hydrogens (primary N) is 1. The van der Waals surface area contributed by atoms with Crippen molar-refractivity contribution >= 4 is 17.2 Å². The number of amides is 1. The van der Waals surface area contributed by atoms with Crippen LogP contribution in [0.25, 0.3) is 10.6 Å². The molecule has 0 bridgehead atoms. The van der Waals surface area contributed by atoms with Crippen LogP contribution in [0, 0.1) is 5.82 Å². The van der Waals surface area contributed by atoms with E-state index in [1.54, 1.807) is 6.07 Å². The lowest BCUT2D eigenvalue weighted by Gasteiger charge is -2.36. The molecule has 1 amide bonds. The Morgan fingerprint density at radius 2 is 2.35 bits per heavy atom. The van der Waals surface area contributed by atoms with E-state index in [1.807, 2.05) is 23.3 Å². The summed E-state index contributed by atoms with van der Waals surface area (Å²) in [5.74, 6) is -0.200. The van der Waals surface area contributed by atoms with E-state index in [2.05, 4.69) is 4.98 Å². The monoisotopic (exact) mass is 333 g/mol. The molecular weight excluding hydrogens is 313 g/mol. The smallest absolute Gasteiger partial charge is 0.228 e. The summed E-state index contributed by atoms with van der Waals surface area (Å²) in [7, 11) is 0. The lowest BCUT2D eigenvalue weighted by molar-refractivity contribution is -0.133. The predicted molar refractivity (Wildman–Crippen MR) is 89.6 cm³/mol. The lowest BCUT2D eigenvalue weighted by atomic mass is 9.98. The maximum absolute atomic E-state index is 13.3. The summed E-state index contributed by atoms with van der Waals surface area (Å²) in [5.41, 5.74) is 7.42. The minimum absolute atomic E-state index is 0.0838. The first-order valence-electron chi connectivity index (χ1n) is 7.78. The van der Waals surface area contributed by atoms with Crippen molar-refractivity contribution in [3.05, 3.63) is 41.2 Å². The molecule has 23 heavy (non-hydrogen) atoms. The first-order valence-corrected chi connectivity index (χ1v) is 8.66. The quantitative estimate of drug-likeness (QED) is 0.939. The van der Waals surface area contributed by atoms with Crippen molar-refractivity contribution in [2.75, 3.05) is 6.54 Å². The van der Waals surface area contributed by atoms with Crippen LogP contribution in [0.2, 0.25) is 0 Å². The number of carbonyl (C=O) groups excluding carboxylic acids is 1. The molecule has 0 aliphatic carbocycles. The van der Waals surface area contributed by atoms with Crippen molar-refractivity contribution in [3.63, 3.8) is 0 Å². The Labute approximate surface area is 139 Å². The molecule has 2 aromatic rings. The molecule has 122 valence electrons. The molecule has 2 N–H and O–H groups in total. The number of hydrogen-bond acceptors (Lipinski definition) is 4. The number of aromatic nitrogens is 1. The van der Waals surface area contributed by atoms with Gasteiger partial charge in [-0.25, -0.2) is 9.37 Å². The highest BCUT2D eigenvalue weighted by molar-refractivity contribution is 7.13. The number of halogens is 1. The molecule has 4 nitrogen and oxygen atoms in total. The van der Waals surface area contributed by atoms with Crippen LogP contribution < -0.4 is 5.73 Å². The summed E-state index contributed by atoms with van der Waals surface area (Å²) in [6.45, 7) is 2.75. The summed E-state index contributed by atoms with van der Waals surface area (Å²) in [4.78, 5) is 18.8. The van der Waals surface area contributed by atoms with E-state index in [0.29, 0.717) is 6.54 Å². The van der Waals surface area contributed by atoms with Gasteiger partial charge in [0, 0.05) is 29.6 Å². The third kappa shape index (κ3) is 3.76. The number of hydrogen-bond donors (Lipinski definition) is 1. The van der Waals surface area contributed by atoms with Gasteiger partial charge in [0.25, 0.3) is 0 Å². The molecule has 0 spiro atoms. The average Bonchev–Trinajstić information content (AvgIpc) is 2.95. The number of thiazole rings is 1. The third-order valence-electron chi connectivity index (χ3n) is 4.19. The van der Waals surface area contributed by atoms with Gasteiger partial charge in [-0.2, -0.15) is 0 Å². The zero-order chi connectivity index (χ0) is 16.4. The highest BCUT2D eigenvalue weighted by Gasteiger charge is 2.27. The fourth-order valence-corrected chi connectivity index (χ4v) is 3.79. The highest BCUT2D eigenvalue weighted by Crippen LogP contribution is 2.25. The van der Waals surface area contributed by atoms with E-state index < -0.39 is 0 Å². The Morgan fingerprint density at radius 1 is 1.52 bits per heavy atom. The Morgan fingerprint density at radius 3 is 3.09 bits per heavy atom. The zero-order valence-electron chi connectivity index (χ0n) is 13.0. The first-order chi connectivity index (χ1) is 11.0. The van der Waals surface area contributed by atoms with Crippen LogP contribution in [0.5, 0.6) is 0 Å².